The molecule has 0 fully saturated rings. The summed E-state index contributed by atoms with van der Waals surface area (Å²) < 4.78 is 18.5. The van der Waals surface area contributed by atoms with Gasteiger partial charge in [-0.2, -0.15) is 5.10 Å². The smallest absolute Gasteiger partial charge is 0.355 e. The Balaban J connectivity index is 1.65. The predicted octanol–water partition coefficient (Wildman–Crippen LogP) is 3.11. The van der Waals surface area contributed by atoms with Gasteiger partial charge in [-0.1, -0.05) is 32.9 Å². The maximum atomic E-state index is 13.2. The van der Waals surface area contributed by atoms with E-state index in [1.54, 1.807) is 12.1 Å². The lowest BCUT2D eigenvalue weighted by Gasteiger charge is -2.20. The summed E-state index contributed by atoms with van der Waals surface area (Å²) in [6, 6.07) is 11.7. The van der Waals surface area contributed by atoms with E-state index < -0.39 is 35.7 Å². The van der Waals surface area contributed by atoms with Crippen LogP contribution in [0.3, 0.4) is 0 Å². The van der Waals surface area contributed by atoms with E-state index in [1.807, 2.05) is 12.1 Å². The second kappa shape index (κ2) is 9.40. The van der Waals surface area contributed by atoms with Crippen LogP contribution in [-0.2, 0) is 24.5 Å². The molecule has 2 aromatic carbocycles. The van der Waals surface area contributed by atoms with Crippen LogP contribution in [0, 0.1) is 5.82 Å². The Morgan fingerprint density at radius 1 is 1.12 bits per heavy atom. The molecule has 0 saturated carbocycles. The second-order valence-electron chi connectivity index (χ2n) is 8.85. The maximum Gasteiger partial charge on any atom is 0.355 e. The van der Waals surface area contributed by atoms with Crippen LogP contribution in [-0.4, -0.2) is 35.6 Å². The van der Waals surface area contributed by atoms with Gasteiger partial charge in [0.25, 0.3) is 5.91 Å². The van der Waals surface area contributed by atoms with E-state index >= 15 is 0 Å². The number of carbonyl (C=O) groups excluding carboxylic acids is 3. The van der Waals surface area contributed by atoms with Crippen LogP contribution in [0.25, 0.3) is 0 Å². The van der Waals surface area contributed by atoms with Gasteiger partial charge in [0.15, 0.2) is 6.10 Å². The van der Waals surface area contributed by atoms with Gasteiger partial charge in [0, 0.05) is 12.1 Å². The average Bonchev–Trinajstić information content (AvgIpc) is 3.20. The molecule has 9 heteroatoms. The monoisotopic (exact) mass is 454 g/mol. The van der Waals surface area contributed by atoms with E-state index in [4.69, 9.17) is 10.5 Å². The van der Waals surface area contributed by atoms with E-state index in [2.05, 4.69) is 31.2 Å². The van der Waals surface area contributed by atoms with Crippen molar-refractivity contribution in [2.24, 2.45) is 10.8 Å². The molecule has 1 aliphatic heterocycles. The standard InChI is InChI=1S/C24H27FN4O4/c1-14(22(31)27-17-9-5-15(6-10-17)24(2,3)4)33-23(32)19-13-20(21(26)30)29(28-19)18-11-7-16(25)8-12-18/h5-12,14,20H,13H2,1-4H3,(H2,26,30)(H,27,31)/t14-,20-/m1/s1. The van der Waals surface area contributed by atoms with Gasteiger partial charge in [0.05, 0.1) is 5.69 Å². The SMILES string of the molecule is C[C@@H](OC(=O)C1=NN(c2ccc(F)cc2)[C@@H](C(N)=O)C1)C(=O)Nc1ccc(C(C)(C)C)cc1. The quantitative estimate of drug-likeness (QED) is 0.651. The topological polar surface area (TPSA) is 114 Å². The molecule has 8 nitrogen and oxygen atoms in total. The summed E-state index contributed by atoms with van der Waals surface area (Å²) in [5.74, 6) is -2.50. The molecule has 0 aromatic heterocycles. The molecule has 0 unspecified atom stereocenters. The van der Waals surface area contributed by atoms with Crippen molar-refractivity contribution in [3.05, 3.63) is 59.9 Å². The number of anilines is 2. The second-order valence-corrected chi connectivity index (χ2v) is 8.85. The third kappa shape index (κ3) is 5.74. The summed E-state index contributed by atoms with van der Waals surface area (Å²) in [6.07, 6.45) is -1.19. The van der Waals surface area contributed by atoms with Crippen molar-refractivity contribution in [1.29, 1.82) is 0 Å². The number of ether oxygens (including phenoxy) is 1. The fraction of sp³-hybridized carbons (Fsp3) is 0.333. The van der Waals surface area contributed by atoms with Crippen LogP contribution in [0.15, 0.2) is 53.6 Å². The third-order valence-electron chi connectivity index (χ3n) is 5.24. The normalized spacial score (nSPS) is 16.7. The fourth-order valence-electron chi connectivity index (χ4n) is 3.27. The van der Waals surface area contributed by atoms with Gasteiger partial charge < -0.3 is 15.8 Å². The molecule has 1 heterocycles. The van der Waals surface area contributed by atoms with Gasteiger partial charge in [0.1, 0.15) is 17.6 Å². The van der Waals surface area contributed by atoms with E-state index in [0.717, 1.165) is 5.56 Å². The minimum atomic E-state index is -1.10. The number of nitrogens with two attached hydrogens (primary N) is 1. The molecule has 2 atom stereocenters. The molecular weight excluding hydrogens is 427 g/mol. The van der Waals surface area contributed by atoms with Crippen molar-refractivity contribution in [3.63, 3.8) is 0 Å². The Bertz CT molecular complexity index is 1080. The molecule has 2 amide bonds. The van der Waals surface area contributed by atoms with Crippen LogP contribution < -0.4 is 16.1 Å². The molecule has 1 aliphatic rings. The molecule has 0 aliphatic carbocycles. The zero-order valence-electron chi connectivity index (χ0n) is 19.0. The number of esters is 1. The van der Waals surface area contributed by atoms with Crippen molar-refractivity contribution in [3.8, 4) is 0 Å². The number of benzene rings is 2. The molecule has 174 valence electrons. The van der Waals surface area contributed by atoms with E-state index in [1.165, 1.54) is 36.2 Å². The number of rotatable bonds is 6. The first-order valence-corrected chi connectivity index (χ1v) is 10.5. The van der Waals surface area contributed by atoms with Crippen LogP contribution >= 0.6 is 0 Å². The van der Waals surface area contributed by atoms with Crippen molar-refractivity contribution in [2.75, 3.05) is 10.3 Å². The minimum Gasteiger partial charge on any atom is -0.448 e. The first-order valence-electron chi connectivity index (χ1n) is 10.5. The molecule has 33 heavy (non-hydrogen) atoms. The zero-order chi connectivity index (χ0) is 24.3. The highest BCUT2D eigenvalue weighted by atomic mass is 19.1. The first-order chi connectivity index (χ1) is 15.5. The van der Waals surface area contributed by atoms with Crippen molar-refractivity contribution >= 4 is 34.9 Å². The number of halogens is 1. The number of nitrogens with zero attached hydrogens (tertiary/aromatic N) is 2. The number of primary amides is 1. The summed E-state index contributed by atoms with van der Waals surface area (Å²) in [5, 5.41) is 8.10. The van der Waals surface area contributed by atoms with E-state index in [9.17, 15) is 18.8 Å². The molecular formula is C24H27FN4O4. The average molecular weight is 455 g/mol. The Labute approximate surface area is 191 Å². The molecule has 3 rings (SSSR count). The van der Waals surface area contributed by atoms with Crippen LogP contribution in [0.5, 0.6) is 0 Å². The molecule has 3 N–H and O–H groups in total. The molecule has 0 bridgehead atoms. The van der Waals surface area contributed by atoms with Gasteiger partial charge in [-0.15, -0.1) is 0 Å². The summed E-state index contributed by atoms with van der Waals surface area (Å²) >= 11 is 0. The van der Waals surface area contributed by atoms with Crippen molar-refractivity contribution in [2.45, 2.75) is 51.7 Å². The zero-order valence-corrected chi connectivity index (χ0v) is 19.0. The summed E-state index contributed by atoms with van der Waals surface area (Å²) in [6.45, 7) is 7.71. The van der Waals surface area contributed by atoms with E-state index in [0.29, 0.717) is 11.4 Å². The van der Waals surface area contributed by atoms with Gasteiger partial charge >= 0.3 is 5.97 Å². The molecule has 0 saturated heterocycles. The largest absolute Gasteiger partial charge is 0.448 e. The first kappa shape index (κ1) is 23.9. The predicted molar refractivity (Wildman–Crippen MR) is 123 cm³/mol. The minimum absolute atomic E-state index is 0.0159. The molecule has 0 spiro atoms. The van der Waals surface area contributed by atoms with Crippen LogP contribution in [0.4, 0.5) is 15.8 Å². The Morgan fingerprint density at radius 2 is 1.73 bits per heavy atom. The van der Waals surface area contributed by atoms with Gasteiger partial charge in [0.2, 0.25) is 5.91 Å². The van der Waals surface area contributed by atoms with Gasteiger partial charge in [-0.3, -0.25) is 14.6 Å². The van der Waals surface area contributed by atoms with Gasteiger partial charge in [-0.05, 0) is 54.3 Å². The van der Waals surface area contributed by atoms with E-state index in [-0.39, 0.29) is 17.5 Å². The Morgan fingerprint density at radius 3 is 2.27 bits per heavy atom. The van der Waals surface area contributed by atoms with Gasteiger partial charge in [-0.25, -0.2) is 9.18 Å². The fourth-order valence-corrected chi connectivity index (χ4v) is 3.27. The Hall–Kier alpha value is -3.75. The maximum absolute atomic E-state index is 13.2. The van der Waals surface area contributed by atoms with Crippen LogP contribution in [0.2, 0.25) is 0 Å². The van der Waals surface area contributed by atoms with Crippen molar-refractivity contribution in [1.82, 2.24) is 0 Å². The lowest BCUT2D eigenvalue weighted by Crippen LogP contribution is -2.39. The number of hydrogen-bond donors (Lipinski definition) is 2. The molecule has 2 aromatic rings. The Kier molecular flexibility index (Phi) is 6.81. The lowest BCUT2D eigenvalue weighted by molar-refractivity contribution is -0.146. The number of nitrogens with one attached hydrogen (secondary N) is 1. The highest BCUT2D eigenvalue weighted by Crippen LogP contribution is 2.26. The van der Waals surface area contributed by atoms with Crippen LogP contribution in [0.1, 0.15) is 39.7 Å². The number of hydrazone groups is 1. The lowest BCUT2D eigenvalue weighted by atomic mass is 9.87. The third-order valence-corrected chi connectivity index (χ3v) is 5.24. The highest BCUT2D eigenvalue weighted by Gasteiger charge is 2.36. The van der Waals surface area contributed by atoms with Crippen molar-refractivity contribution < 1.29 is 23.5 Å². The molecule has 0 radical (unpaired) electrons. The number of amides is 2. The number of hydrogen-bond acceptors (Lipinski definition) is 6. The highest BCUT2D eigenvalue weighted by molar-refractivity contribution is 6.38. The summed E-state index contributed by atoms with van der Waals surface area (Å²) in [4.78, 5) is 36.9. The summed E-state index contributed by atoms with van der Waals surface area (Å²) in [5.41, 5.74) is 7.46. The summed E-state index contributed by atoms with van der Waals surface area (Å²) in [7, 11) is 0. The number of carbonyl (C=O) groups is 3.